The Bertz CT molecular complexity index is 692. The number of rotatable bonds is 3. The van der Waals surface area contributed by atoms with E-state index in [-0.39, 0.29) is 4.99 Å². The van der Waals surface area contributed by atoms with Gasteiger partial charge in [-0.25, -0.2) is 4.98 Å². The molecule has 2 rings (SSSR count). The number of benzene rings is 1. The van der Waals surface area contributed by atoms with E-state index in [1.807, 2.05) is 6.92 Å². The molecule has 104 valence electrons. The number of nitrogens with zero attached hydrogens (tertiary/aromatic N) is 1. The Labute approximate surface area is 136 Å². The quantitative estimate of drug-likeness (QED) is 0.641. The Morgan fingerprint density at radius 1 is 1.10 bits per heavy atom. The van der Waals surface area contributed by atoms with E-state index in [0.717, 1.165) is 5.69 Å². The maximum absolute atomic E-state index is 6.05. The molecule has 0 spiro atoms. The standard InChI is InChI=1S/C13H9Cl3N2OS/c1-6-2-7(13(17)20)3-12(18-6)19-11-5-9(15)8(14)4-10(11)16/h2-5H,1H3,(H2,17,20). The van der Waals surface area contributed by atoms with Gasteiger partial charge in [-0.3, -0.25) is 0 Å². The average Bonchev–Trinajstić information content (AvgIpc) is 2.35. The Kier molecular flexibility index (Phi) is 4.70. The van der Waals surface area contributed by atoms with E-state index in [9.17, 15) is 0 Å². The Balaban J connectivity index is 2.40. The first-order chi connectivity index (χ1) is 9.36. The van der Waals surface area contributed by atoms with Gasteiger partial charge in [-0.2, -0.15) is 0 Å². The van der Waals surface area contributed by atoms with Crippen LogP contribution in [-0.4, -0.2) is 9.97 Å². The zero-order valence-electron chi connectivity index (χ0n) is 10.3. The summed E-state index contributed by atoms with van der Waals surface area (Å²) in [6.45, 7) is 1.81. The summed E-state index contributed by atoms with van der Waals surface area (Å²) in [5.41, 5.74) is 6.99. The van der Waals surface area contributed by atoms with E-state index in [2.05, 4.69) is 4.98 Å². The molecule has 0 bridgehead atoms. The zero-order valence-corrected chi connectivity index (χ0v) is 13.4. The maximum Gasteiger partial charge on any atom is 0.220 e. The molecule has 1 aromatic heterocycles. The van der Waals surface area contributed by atoms with Gasteiger partial charge in [0.25, 0.3) is 0 Å². The van der Waals surface area contributed by atoms with Gasteiger partial charge in [0.1, 0.15) is 10.7 Å². The lowest BCUT2D eigenvalue weighted by Gasteiger charge is -2.10. The van der Waals surface area contributed by atoms with Gasteiger partial charge in [0, 0.05) is 23.4 Å². The molecule has 2 N–H and O–H groups in total. The van der Waals surface area contributed by atoms with Crippen LogP contribution in [0.1, 0.15) is 11.3 Å². The molecule has 0 aliphatic heterocycles. The van der Waals surface area contributed by atoms with E-state index >= 15 is 0 Å². The second-order valence-corrected chi connectivity index (χ2v) is 5.66. The molecule has 0 aliphatic carbocycles. The number of nitrogens with two attached hydrogens (primary N) is 1. The van der Waals surface area contributed by atoms with Crippen molar-refractivity contribution >= 4 is 52.0 Å². The van der Waals surface area contributed by atoms with Crippen LogP contribution in [0.2, 0.25) is 15.1 Å². The number of pyridine rings is 1. The van der Waals surface area contributed by atoms with Crippen molar-refractivity contribution in [2.45, 2.75) is 6.92 Å². The Morgan fingerprint density at radius 3 is 2.40 bits per heavy atom. The molecule has 7 heteroatoms. The van der Waals surface area contributed by atoms with Crippen LogP contribution < -0.4 is 10.5 Å². The van der Waals surface area contributed by atoms with Crippen molar-refractivity contribution in [3.63, 3.8) is 0 Å². The highest BCUT2D eigenvalue weighted by atomic mass is 35.5. The highest BCUT2D eigenvalue weighted by Crippen LogP contribution is 2.36. The van der Waals surface area contributed by atoms with Crippen molar-refractivity contribution in [1.82, 2.24) is 4.98 Å². The number of thiocarbonyl (C=S) groups is 1. The summed E-state index contributed by atoms with van der Waals surface area (Å²) < 4.78 is 5.62. The fraction of sp³-hybridized carbons (Fsp3) is 0.0769. The number of halogens is 3. The van der Waals surface area contributed by atoms with Crippen molar-refractivity contribution in [2.75, 3.05) is 0 Å². The van der Waals surface area contributed by atoms with Crippen molar-refractivity contribution in [2.24, 2.45) is 5.73 Å². The minimum atomic E-state index is 0.264. The molecule has 2 aromatic rings. The number of ether oxygens (including phenoxy) is 1. The van der Waals surface area contributed by atoms with Crippen molar-refractivity contribution in [1.29, 1.82) is 0 Å². The molecule has 0 fully saturated rings. The lowest BCUT2D eigenvalue weighted by atomic mass is 10.2. The third-order valence-corrected chi connectivity index (χ3v) is 3.66. The van der Waals surface area contributed by atoms with Gasteiger partial charge >= 0.3 is 0 Å². The third-order valence-electron chi connectivity index (χ3n) is 2.40. The van der Waals surface area contributed by atoms with Gasteiger partial charge in [0.05, 0.1) is 15.1 Å². The maximum atomic E-state index is 6.05. The summed E-state index contributed by atoms with van der Waals surface area (Å²) in [4.78, 5) is 4.50. The van der Waals surface area contributed by atoms with Crippen LogP contribution in [0.3, 0.4) is 0 Å². The van der Waals surface area contributed by atoms with Crippen LogP contribution in [-0.2, 0) is 0 Å². The van der Waals surface area contributed by atoms with E-state index in [1.54, 1.807) is 12.1 Å². The van der Waals surface area contributed by atoms with Crippen molar-refractivity contribution < 1.29 is 4.74 Å². The number of aryl methyl sites for hydroxylation is 1. The normalized spacial score (nSPS) is 10.4. The summed E-state index contributed by atoms with van der Waals surface area (Å²) >= 11 is 22.8. The number of hydrogen-bond donors (Lipinski definition) is 1. The van der Waals surface area contributed by atoms with Crippen LogP contribution in [0.25, 0.3) is 0 Å². The Hall–Kier alpha value is -1.07. The summed E-state index contributed by atoms with van der Waals surface area (Å²) in [6, 6.07) is 6.43. The van der Waals surface area contributed by atoms with Gasteiger partial charge in [0.2, 0.25) is 5.88 Å². The second kappa shape index (κ2) is 6.14. The van der Waals surface area contributed by atoms with Crippen molar-refractivity contribution in [3.05, 3.63) is 50.6 Å². The zero-order chi connectivity index (χ0) is 14.9. The predicted molar refractivity (Wildman–Crippen MR) is 86.4 cm³/mol. The summed E-state index contributed by atoms with van der Waals surface area (Å²) in [6.07, 6.45) is 0. The lowest BCUT2D eigenvalue weighted by Crippen LogP contribution is -2.10. The minimum absolute atomic E-state index is 0.264. The van der Waals surface area contributed by atoms with E-state index in [0.29, 0.717) is 32.3 Å². The molecule has 0 radical (unpaired) electrons. The summed E-state index contributed by atoms with van der Waals surface area (Å²) in [5, 5.41) is 1.03. The largest absolute Gasteiger partial charge is 0.437 e. The fourth-order valence-electron chi connectivity index (χ4n) is 1.53. The van der Waals surface area contributed by atoms with Crippen LogP contribution in [0.5, 0.6) is 11.6 Å². The lowest BCUT2D eigenvalue weighted by molar-refractivity contribution is 0.462. The molecule has 3 nitrogen and oxygen atoms in total. The molecule has 0 saturated carbocycles. The highest BCUT2D eigenvalue weighted by Gasteiger charge is 2.10. The topological polar surface area (TPSA) is 48.1 Å². The van der Waals surface area contributed by atoms with Gasteiger partial charge < -0.3 is 10.5 Å². The molecule has 0 aliphatic rings. The monoisotopic (exact) mass is 346 g/mol. The molecule has 20 heavy (non-hydrogen) atoms. The van der Waals surface area contributed by atoms with Gasteiger partial charge in [-0.05, 0) is 19.1 Å². The number of hydrogen-bond acceptors (Lipinski definition) is 3. The highest BCUT2D eigenvalue weighted by molar-refractivity contribution is 7.80. The molecule has 1 heterocycles. The van der Waals surface area contributed by atoms with Gasteiger partial charge in [0.15, 0.2) is 0 Å². The SMILES string of the molecule is Cc1cc(C(N)=S)cc(Oc2cc(Cl)c(Cl)cc2Cl)n1. The van der Waals surface area contributed by atoms with Crippen LogP contribution in [0.15, 0.2) is 24.3 Å². The van der Waals surface area contributed by atoms with E-state index in [4.69, 9.17) is 57.5 Å². The average molecular weight is 348 g/mol. The first-order valence-electron chi connectivity index (χ1n) is 5.47. The molecule has 0 saturated heterocycles. The molecular formula is C13H9Cl3N2OS. The Morgan fingerprint density at radius 2 is 1.75 bits per heavy atom. The van der Waals surface area contributed by atoms with E-state index in [1.165, 1.54) is 12.1 Å². The number of aromatic nitrogens is 1. The van der Waals surface area contributed by atoms with Crippen molar-refractivity contribution in [3.8, 4) is 11.6 Å². The predicted octanol–water partition coefficient (Wildman–Crippen LogP) is 4.78. The first-order valence-corrected chi connectivity index (χ1v) is 7.02. The second-order valence-electron chi connectivity index (χ2n) is 4.00. The van der Waals surface area contributed by atoms with Gasteiger partial charge in [-0.1, -0.05) is 47.0 Å². The van der Waals surface area contributed by atoms with Crippen LogP contribution >= 0.6 is 47.0 Å². The van der Waals surface area contributed by atoms with E-state index < -0.39 is 0 Å². The van der Waals surface area contributed by atoms with Crippen LogP contribution in [0.4, 0.5) is 0 Å². The molecule has 1 aromatic carbocycles. The fourth-order valence-corrected chi connectivity index (χ4v) is 2.22. The smallest absolute Gasteiger partial charge is 0.220 e. The summed E-state index contributed by atoms with van der Waals surface area (Å²) in [7, 11) is 0. The first kappa shape index (κ1) is 15.3. The molecule has 0 atom stereocenters. The molecular weight excluding hydrogens is 339 g/mol. The third kappa shape index (κ3) is 3.52. The minimum Gasteiger partial charge on any atom is -0.437 e. The van der Waals surface area contributed by atoms with Crippen LogP contribution in [0, 0.1) is 6.92 Å². The van der Waals surface area contributed by atoms with Gasteiger partial charge in [-0.15, -0.1) is 0 Å². The molecule has 0 amide bonds. The summed E-state index contributed by atoms with van der Waals surface area (Å²) in [5.74, 6) is 0.682. The molecule has 0 unspecified atom stereocenters.